The second kappa shape index (κ2) is 5.47. The van der Waals surface area contributed by atoms with Crippen LogP contribution in [0.1, 0.15) is 25.0 Å². The van der Waals surface area contributed by atoms with Gasteiger partial charge in [0.15, 0.2) is 0 Å². The van der Waals surface area contributed by atoms with Crippen LogP contribution >= 0.6 is 0 Å². The number of hydrogen-bond acceptors (Lipinski definition) is 3. The molecule has 0 saturated carbocycles. The van der Waals surface area contributed by atoms with E-state index in [0.717, 1.165) is 12.1 Å². The van der Waals surface area contributed by atoms with Crippen LogP contribution in [0.5, 0.6) is 0 Å². The van der Waals surface area contributed by atoms with E-state index in [1.807, 2.05) is 6.07 Å². The molecule has 0 aromatic carbocycles. The van der Waals surface area contributed by atoms with Crippen molar-refractivity contribution in [1.29, 1.82) is 0 Å². The molecule has 3 rings (SSSR count). The highest BCUT2D eigenvalue weighted by Crippen LogP contribution is 2.34. The summed E-state index contributed by atoms with van der Waals surface area (Å²) in [7, 11) is 0. The number of nitrogens with zero attached hydrogens (tertiary/aromatic N) is 2. The third kappa shape index (κ3) is 2.58. The lowest BCUT2D eigenvalue weighted by atomic mass is 9.83. The first-order valence-corrected chi connectivity index (χ1v) is 7.43. The van der Waals surface area contributed by atoms with Crippen molar-refractivity contribution in [3.63, 3.8) is 0 Å². The first-order chi connectivity index (χ1) is 10.5. The zero-order chi connectivity index (χ0) is 15.9. The first-order valence-electron chi connectivity index (χ1n) is 7.43. The van der Waals surface area contributed by atoms with Crippen LogP contribution in [0.3, 0.4) is 0 Å². The normalized spacial score (nSPS) is 24.3. The average Bonchev–Trinajstić information content (AvgIpc) is 2.48. The Kier molecular flexibility index (Phi) is 3.64. The molecule has 2 N–H and O–H groups in total. The molecule has 1 fully saturated rings. The Morgan fingerprint density at radius 1 is 1.32 bits per heavy atom. The minimum absolute atomic E-state index is 0.00426. The third-order valence-electron chi connectivity index (χ3n) is 4.48. The van der Waals surface area contributed by atoms with E-state index in [2.05, 4.69) is 5.32 Å². The number of rotatable bonds is 2. The number of amides is 2. The Bertz CT molecular complexity index is 669. The fourth-order valence-electron chi connectivity index (χ4n) is 3.40. The van der Waals surface area contributed by atoms with Gasteiger partial charge in [-0.2, -0.15) is 0 Å². The van der Waals surface area contributed by atoms with E-state index in [9.17, 15) is 14.4 Å². The molecule has 0 radical (unpaired) electrons. The van der Waals surface area contributed by atoms with Crippen LogP contribution in [0.15, 0.2) is 23.0 Å². The molecule has 1 unspecified atom stereocenters. The summed E-state index contributed by atoms with van der Waals surface area (Å²) in [5, 5.41) is 11.4. The van der Waals surface area contributed by atoms with Crippen LogP contribution in [0.4, 0.5) is 4.79 Å². The summed E-state index contributed by atoms with van der Waals surface area (Å²) in [4.78, 5) is 36.7. The fourth-order valence-corrected chi connectivity index (χ4v) is 3.40. The first kappa shape index (κ1) is 14.6. The number of carboxylic acid groups (broad SMARTS) is 1. The van der Waals surface area contributed by atoms with Crippen molar-refractivity contribution in [2.24, 2.45) is 5.92 Å². The Morgan fingerprint density at radius 2 is 2.09 bits per heavy atom. The molecule has 0 aliphatic carbocycles. The molecule has 118 valence electrons. The Morgan fingerprint density at radius 3 is 2.82 bits per heavy atom. The van der Waals surface area contributed by atoms with E-state index in [4.69, 9.17) is 5.11 Å². The molecule has 2 amide bonds. The highest BCUT2D eigenvalue weighted by atomic mass is 16.4. The smallest absolute Gasteiger partial charge is 0.325 e. The lowest BCUT2D eigenvalue weighted by molar-refractivity contribution is -0.138. The van der Waals surface area contributed by atoms with Crippen molar-refractivity contribution >= 4 is 12.0 Å². The van der Waals surface area contributed by atoms with Crippen molar-refractivity contribution in [2.75, 3.05) is 13.1 Å². The van der Waals surface area contributed by atoms with E-state index >= 15 is 0 Å². The lowest BCUT2D eigenvalue weighted by Gasteiger charge is -2.42. The fraction of sp³-hybridized carbons (Fsp3) is 0.533. The maximum atomic E-state index is 12.2. The monoisotopic (exact) mass is 305 g/mol. The van der Waals surface area contributed by atoms with Gasteiger partial charge >= 0.3 is 12.0 Å². The van der Waals surface area contributed by atoms with Gasteiger partial charge in [0.2, 0.25) is 0 Å². The number of carbonyl (C=O) groups excluding carboxylic acids is 1. The van der Waals surface area contributed by atoms with Crippen LogP contribution in [-0.2, 0) is 11.3 Å². The molecule has 3 heterocycles. The number of fused-ring (bicyclic) bond motifs is 4. The zero-order valence-corrected chi connectivity index (χ0v) is 12.4. The Hall–Kier alpha value is -2.31. The van der Waals surface area contributed by atoms with Crippen molar-refractivity contribution in [1.82, 2.24) is 14.8 Å². The maximum absolute atomic E-state index is 12.2. The van der Waals surface area contributed by atoms with Crippen LogP contribution < -0.4 is 10.9 Å². The summed E-state index contributed by atoms with van der Waals surface area (Å²) >= 11 is 0. The van der Waals surface area contributed by atoms with Gasteiger partial charge in [-0.05, 0) is 25.3 Å². The number of hydrogen-bond donors (Lipinski definition) is 2. The van der Waals surface area contributed by atoms with Crippen molar-refractivity contribution in [3.05, 3.63) is 34.2 Å². The molecule has 1 saturated heterocycles. The standard InChI is InChI=1S/C15H19N3O4/c1-9(14(20)21)16-15(22)17-6-10-5-11(8-17)12-3-2-4-13(19)18(12)7-10/h2-4,9-11H,5-8H2,1H3,(H,16,22)(H,20,21)/t9-,10-,11?/m0/s1. The molecular formula is C15H19N3O4. The van der Waals surface area contributed by atoms with E-state index in [-0.39, 0.29) is 23.4 Å². The van der Waals surface area contributed by atoms with Crippen molar-refractivity contribution < 1.29 is 14.7 Å². The second-order valence-corrected chi connectivity index (χ2v) is 6.11. The van der Waals surface area contributed by atoms with E-state index < -0.39 is 12.0 Å². The van der Waals surface area contributed by atoms with E-state index in [1.54, 1.807) is 21.6 Å². The van der Waals surface area contributed by atoms with E-state index in [1.165, 1.54) is 6.92 Å². The van der Waals surface area contributed by atoms with Gasteiger partial charge in [0.1, 0.15) is 6.04 Å². The Labute approximate surface area is 127 Å². The second-order valence-electron chi connectivity index (χ2n) is 6.11. The van der Waals surface area contributed by atoms with Gasteiger partial charge in [-0.15, -0.1) is 0 Å². The van der Waals surface area contributed by atoms with Crippen LogP contribution in [0.2, 0.25) is 0 Å². The maximum Gasteiger partial charge on any atom is 0.325 e. The summed E-state index contributed by atoms with van der Waals surface area (Å²) in [5.41, 5.74) is 0.970. The van der Waals surface area contributed by atoms with Crippen molar-refractivity contribution in [2.45, 2.75) is 31.8 Å². The van der Waals surface area contributed by atoms with Gasteiger partial charge in [0.05, 0.1) is 0 Å². The number of aliphatic carboxylic acids is 1. The summed E-state index contributed by atoms with van der Waals surface area (Å²) in [6.45, 7) is 3.12. The van der Waals surface area contributed by atoms with Crippen molar-refractivity contribution in [3.8, 4) is 0 Å². The molecule has 3 atom stereocenters. The van der Waals surface area contributed by atoms with Gasteiger partial charge < -0.3 is 19.9 Å². The number of piperidine rings is 1. The number of pyridine rings is 1. The molecule has 7 heteroatoms. The summed E-state index contributed by atoms with van der Waals surface area (Å²) in [6.07, 6.45) is 0.960. The minimum Gasteiger partial charge on any atom is -0.480 e. The Balaban J connectivity index is 1.77. The molecule has 2 aliphatic rings. The topological polar surface area (TPSA) is 91.6 Å². The third-order valence-corrected chi connectivity index (χ3v) is 4.48. The van der Waals surface area contributed by atoms with Crippen LogP contribution in [-0.4, -0.2) is 45.7 Å². The van der Waals surface area contributed by atoms with Crippen LogP contribution in [0.25, 0.3) is 0 Å². The predicted molar refractivity (Wildman–Crippen MR) is 78.8 cm³/mol. The predicted octanol–water partition coefficient (Wildman–Crippen LogP) is 0.450. The lowest BCUT2D eigenvalue weighted by Crippen LogP contribution is -2.54. The highest BCUT2D eigenvalue weighted by molar-refractivity contribution is 5.82. The van der Waals surface area contributed by atoms with Gasteiger partial charge in [-0.25, -0.2) is 4.79 Å². The minimum atomic E-state index is -1.05. The van der Waals surface area contributed by atoms with Gasteiger partial charge in [0.25, 0.3) is 5.56 Å². The number of urea groups is 1. The average molecular weight is 305 g/mol. The van der Waals surface area contributed by atoms with Gasteiger partial charge in [-0.1, -0.05) is 6.07 Å². The largest absolute Gasteiger partial charge is 0.480 e. The summed E-state index contributed by atoms with van der Waals surface area (Å²) in [6, 6.07) is 3.98. The zero-order valence-electron chi connectivity index (χ0n) is 12.4. The molecule has 2 bridgehead atoms. The highest BCUT2D eigenvalue weighted by Gasteiger charge is 2.36. The summed E-state index contributed by atoms with van der Waals surface area (Å²) in [5.74, 6) is -0.688. The molecule has 7 nitrogen and oxygen atoms in total. The summed E-state index contributed by atoms with van der Waals surface area (Å²) < 4.78 is 1.80. The number of carboxylic acids is 1. The molecule has 22 heavy (non-hydrogen) atoms. The van der Waals surface area contributed by atoms with E-state index in [0.29, 0.717) is 19.6 Å². The SMILES string of the molecule is C[C@H](NC(=O)N1CC2C[C@@H](C1)Cn1c2cccc1=O)C(=O)O. The van der Waals surface area contributed by atoms with Gasteiger partial charge in [0, 0.05) is 37.3 Å². The number of nitrogens with one attached hydrogen (secondary N) is 1. The quantitative estimate of drug-likeness (QED) is 0.830. The number of carbonyl (C=O) groups is 2. The molecule has 0 spiro atoms. The molecule has 1 aromatic rings. The number of aromatic nitrogens is 1. The van der Waals surface area contributed by atoms with Crippen LogP contribution in [0, 0.1) is 5.92 Å². The number of likely N-dealkylation sites (tertiary alicyclic amines) is 1. The van der Waals surface area contributed by atoms with Gasteiger partial charge in [-0.3, -0.25) is 9.59 Å². The molecular weight excluding hydrogens is 286 g/mol. The molecule has 1 aromatic heterocycles. The molecule has 2 aliphatic heterocycles.